The lowest BCUT2D eigenvalue weighted by atomic mass is 10.2. The zero-order valence-electron chi connectivity index (χ0n) is 13.0. The number of hydrogen-bond donors (Lipinski definition) is 1. The van der Waals surface area contributed by atoms with Crippen molar-refractivity contribution < 1.29 is 14.4 Å². The Morgan fingerprint density at radius 2 is 1.96 bits per heavy atom. The van der Waals surface area contributed by atoms with Gasteiger partial charge in [-0.3, -0.25) is 19.3 Å². The molecule has 3 amide bonds. The third kappa shape index (κ3) is 3.30. The van der Waals surface area contributed by atoms with Crippen molar-refractivity contribution in [3.63, 3.8) is 0 Å². The molecule has 0 aliphatic carbocycles. The van der Waals surface area contributed by atoms with Gasteiger partial charge < -0.3 is 10.6 Å². The summed E-state index contributed by atoms with van der Waals surface area (Å²) in [5.41, 5.74) is 6.25. The van der Waals surface area contributed by atoms with Gasteiger partial charge >= 0.3 is 0 Å². The van der Waals surface area contributed by atoms with E-state index in [0.29, 0.717) is 29.1 Å². The van der Waals surface area contributed by atoms with E-state index in [9.17, 15) is 14.4 Å². The normalized spacial score (nSPS) is 14.0. The van der Waals surface area contributed by atoms with Crippen LogP contribution in [0, 0.1) is 0 Å². The number of rotatable bonds is 5. The third-order valence-corrected chi connectivity index (χ3v) is 4.78. The average molecular weight is 343 g/mol. The highest BCUT2D eigenvalue weighted by Gasteiger charge is 2.26. The lowest BCUT2D eigenvalue weighted by Gasteiger charge is -2.27. The third-order valence-electron chi connectivity index (χ3n) is 3.92. The Hall–Kier alpha value is -2.67. The van der Waals surface area contributed by atoms with Crippen LogP contribution in [0.25, 0.3) is 0 Å². The van der Waals surface area contributed by atoms with Crippen molar-refractivity contribution in [2.24, 2.45) is 5.73 Å². The molecule has 2 heterocycles. The van der Waals surface area contributed by atoms with E-state index in [1.807, 2.05) is 11.4 Å². The van der Waals surface area contributed by atoms with E-state index in [0.717, 1.165) is 6.42 Å². The van der Waals surface area contributed by atoms with Crippen LogP contribution in [0.15, 0.2) is 41.8 Å². The molecule has 1 aromatic heterocycles. The largest absolute Gasteiger partial charge is 0.366 e. The number of carbonyl (C=O) groups is 3. The monoisotopic (exact) mass is 343 g/mol. The van der Waals surface area contributed by atoms with E-state index in [-0.39, 0.29) is 18.5 Å². The summed E-state index contributed by atoms with van der Waals surface area (Å²) in [5, 5.41) is 1.84. The van der Waals surface area contributed by atoms with Gasteiger partial charge in [0.2, 0.25) is 11.8 Å². The van der Waals surface area contributed by atoms with E-state index in [4.69, 9.17) is 5.73 Å². The van der Waals surface area contributed by atoms with Crippen LogP contribution in [0.4, 0.5) is 5.69 Å². The number of primary amides is 1. The summed E-state index contributed by atoms with van der Waals surface area (Å²) >= 11 is 1.35. The maximum Gasteiger partial charge on any atom is 0.269 e. The average Bonchev–Trinajstić information content (AvgIpc) is 3.24. The maximum absolute atomic E-state index is 12.8. The summed E-state index contributed by atoms with van der Waals surface area (Å²) in [4.78, 5) is 39.8. The van der Waals surface area contributed by atoms with Gasteiger partial charge in [-0.1, -0.05) is 6.07 Å². The highest BCUT2D eigenvalue weighted by molar-refractivity contribution is 7.12. The van der Waals surface area contributed by atoms with E-state index >= 15 is 0 Å². The number of benzene rings is 1. The van der Waals surface area contributed by atoms with Crippen LogP contribution in [0.2, 0.25) is 0 Å². The molecule has 7 heteroatoms. The van der Waals surface area contributed by atoms with Crippen LogP contribution < -0.4 is 10.6 Å². The van der Waals surface area contributed by atoms with Crippen molar-refractivity contribution >= 4 is 34.7 Å². The van der Waals surface area contributed by atoms with Crippen molar-refractivity contribution in [3.8, 4) is 0 Å². The molecule has 2 aromatic rings. The molecule has 1 aliphatic rings. The molecule has 0 saturated carbocycles. The number of likely N-dealkylation sites (tertiary alicyclic amines) is 1. The van der Waals surface area contributed by atoms with E-state index < -0.39 is 5.91 Å². The fraction of sp³-hybridized carbons (Fsp3) is 0.235. The van der Waals surface area contributed by atoms with Gasteiger partial charge in [0.05, 0.1) is 4.88 Å². The topological polar surface area (TPSA) is 83.7 Å². The summed E-state index contributed by atoms with van der Waals surface area (Å²) in [6, 6.07) is 10.1. The second kappa shape index (κ2) is 6.84. The van der Waals surface area contributed by atoms with Crippen molar-refractivity contribution in [1.82, 2.24) is 4.90 Å². The first-order valence-electron chi connectivity index (χ1n) is 7.59. The Kier molecular flexibility index (Phi) is 4.61. The van der Waals surface area contributed by atoms with Gasteiger partial charge in [0.15, 0.2) is 0 Å². The van der Waals surface area contributed by atoms with Gasteiger partial charge in [0, 0.05) is 24.2 Å². The number of hydrogen-bond acceptors (Lipinski definition) is 4. The van der Waals surface area contributed by atoms with Crippen LogP contribution >= 0.6 is 11.3 Å². The van der Waals surface area contributed by atoms with E-state index in [1.54, 1.807) is 40.1 Å². The molecule has 1 saturated heterocycles. The van der Waals surface area contributed by atoms with Gasteiger partial charge in [-0.15, -0.1) is 11.3 Å². The second-order valence-corrected chi connectivity index (χ2v) is 6.47. The molecular formula is C17H17N3O3S. The number of amides is 3. The fourth-order valence-corrected chi connectivity index (χ4v) is 3.30. The molecule has 0 unspecified atom stereocenters. The van der Waals surface area contributed by atoms with Gasteiger partial charge in [-0.05, 0) is 42.1 Å². The molecule has 0 radical (unpaired) electrons. The van der Waals surface area contributed by atoms with Crippen LogP contribution in [0.1, 0.15) is 32.9 Å². The Morgan fingerprint density at radius 1 is 1.21 bits per heavy atom. The smallest absolute Gasteiger partial charge is 0.269 e. The first-order chi connectivity index (χ1) is 11.6. The first-order valence-corrected chi connectivity index (χ1v) is 8.47. The standard InChI is InChI=1S/C17H17N3O3S/c18-16(22)12-5-7-13(8-6-12)20(11-19-9-1-4-15(19)21)17(23)14-3-2-10-24-14/h2-3,5-8,10H,1,4,9,11H2,(H2,18,22). The van der Waals surface area contributed by atoms with Crippen LogP contribution in [0.5, 0.6) is 0 Å². The molecular weight excluding hydrogens is 326 g/mol. The van der Waals surface area contributed by atoms with E-state index in [2.05, 4.69) is 0 Å². The zero-order chi connectivity index (χ0) is 17.1. The molecule has 2 N–H and O–H groups in total. The number of nitrogens with zero attached hydrogens (tertiary/aromatic N) is 2. The van der Waals surface area contributed by atoms with Crippen LogP contribution in [-0.2, 0) is 4.79 Å². The number of carbonyl (C=O) groups excluding carboxylic acids is 3. The Balaban J connectivity index is 1.90. The second-order valence-electron chi connectivity index (χ2n) is 5.52. The van der Waals surface area contributed by atoms with Crippen LogP contribution in [0.3, 0.4) is 0 Å². The van der Waals surface area contributed by atoms with E-state index in [1.165, 1.54) is 11.3 Å². The SMILES string of the molecule is NC(=O)c1ccc(N(CN2CCCC2=O)C(=O)c2cccs2)cc1. The summed E-state index contributed by atoms with van der Waals surface area (Å²) in [7, 11) is 0. The fourth-order valence-electron chi connectivity index (χ4n) is 2.63. The molecule has 0 bridgehead atoms. The van der Waals surface area contributed by atoms with Crippen molar-refractivity contribution in [3.05, 3.63) is 52.2 Å². The summed E-state index contributed by atoms with van der Waals surface area (Å²) in [6.45, 7) is 0.845. The van der Waals surface area contributed by atoms with Crippen molar-refractivity contribution in [2.45, 2.75) is 12.8 Å². The molecule has 3 rings (SSSR count). The van der Waals surface area contributed by atoms with Gasteiger partial charge in [-0.2, -0.15) is 0 Å². The predicted octanol–water partition coefficient (Wildman–Crippen LogP) is 2.07. The summed E-state index contributed by atoms with van der Waals surface area (Å²) < 4.78 is 0. The zero-order valence-corrected chi connectivity index (χ0v) is 13.8. The molecule has 124 valence electrons. The number of nitrogens with two attached hydrogens (primary N) is 1. The number of thiophene rings is 1. The molecule has 1 aliphatic heterocycles. The molecule has 6 nitrogen and oxygen atoms in total. The highest BCUT2D eigenvalue weighted by Crippen LogP contribution is 2.22. The Morgan fingerprint density at radius 3 is 2.50 bits per heavy atom. The Bertz CT molecular complexity index is 756. The van der Waals surface area contributed by atoms with Crippen molar-refractivity contribution in [2.75, 3.05) is 18.1 Å². The lowest BCUT2D eigenvalue weighted by molar-refractivity contribution is -0.127. The predicted molar refractivity (Wildman–Crippen MR) is 91.9 cm³/mol. The van der Waals surface area contributed by atoms with Crippen LogP contribution in [-0.4, -0.2) is 35.8 Å². The van der Waals surface area contributed by atoms with Gasteiger partial charge in [0.1, 0.15) is 6.67 Å². The number of anilines is 1. The molecule has 0 spiro atoms. The minimum absolute atomic E-state index is 0.0488. The maximum atomic E-state index is 12.8. The lowest BCUT2D eigenvalue weighted by Crippen LogP contribution is -2.42. The molecule has 0 atom stereocenters. The van der Waals surface area contributed by atoms with Gasteiger partial charge in [0.25, 0.3) is 5.91 Å². The molecule has 1 aromatic carbocycles. The first kappa shape index (κ1) is 16.2. The highest BCUT2D eigenvalue weighted by atomic mass is 32.1. The molecule has 1 fully saturated rings. The summed E-state index contributed by atoms with van der Waals surface area (Å²) in [5.74, 6) is -0.642. The van der Waals surface area contributed by atoms with Gasteiger partial charge in [-0.25, -0.2) is 0 Å². The minimum atomic E-state index is -0.521. The molecule has 24 heavy (non-hydrogen) atoms. The quantitative estimate of drug-likeness (QED) is 0.902. The Labute approximate surface area is 143 Å². The summed E-state index contributed by atoms with van der Waals surface area (Å²) in [6.07, 6.45) is 1.32. The minimum Gasteiger partial charge on any atom is -0.366 e. The van der Waals surface area contributed by atoms with Crippen molar-refractivity contribution in [1.29, 1.82) is 0 Å².